The van der Waals surface area contributed by atoms with Gasteiger partial charge in [0.1, 0.15) is 12.3 Å². The Balaban J connectivity index is 1.49. The maximum Gasteiger partial charge on any atom is 0.244 e. The van der Waals surface area contributed by atoms with Crippen LogP contribution in [0.1, 0.15) is 23.1 Å². The molecule has 3 rings (SSSR count). The van der Waals surface area contributed by atoms with E-state index < -0.39 is 0 Å². The predicted octanol–water partition coefficient (Wildman–Crippen LogP) is 2.02. The normalized spacial score (nSPS) is 14.3. The Morgan fingerprint density at radius 1 is 1.40 bits per heavy atom. The van der Waals surface area contributed by atoms with Gasteiger partial charge in [-0.05, 0) is 42.5 Å². The van der Waals surface area contributed by atoms with Crippen LogP contribution in [-0.2, 0) is 24.2 Å². The summed E-state index contributed by atoms with van der Waals surface area (Å²) in [6.07, 6.45) is 3.40. The van der Waals surface area contributed by atoms with Crippen LogP contribution in [-0.4, -0.2) is 42.9 Å². The summed E-state index contributed by atoms with van der Waals surface area (Å²) in [5.74, 6) is 1.66. The molecule has 0 spiro atoms. The standard InChI is InChI=1S/C18H24N4O2S/c1-2-19-18(20-8-5-15-4-3-10-24-15)21-12-17(23)22-9-6-16-14(13-22)7-11-25-16/h3-4,7,10-11H,2,5-6,8-9,12-13H2,1H3,(H2,19,20,21). The lowest BCUT2D eigenvalue weighted by Crippen LogP contribution is -2.40. The third kappa shape index (κ3) is 4.85. The van der Waals surface area contributed by atoms with Crippen LogP contribution in [0.3, 0.4) is 0 Å². The molecule has 25 heavy (non-hydrogen) atoms. The Kier molecular flexibility index (Phi) is 6.11. The fourth-order valence-corrected chi connectivity index (χ4v) is 3.70. The summed E-state index contributed by atoms with van der Waals surface area (Å²) in [7, 11) is 0. The first-order valence-corrected chi connectivity index (χ1v) is 9.52. The minimum absolute atomic E-state index is 0.0695. The van der Waals surface area contributed by atoms with Crippen LogP contribution in [0.25, 0.3) is 0 Å². The van der Waals surface area contributed by atoms with Crippen LogP contribution in [0.2, 0.25) is 0 Å². The Morgan fingerprint density at radius 3 is 3.12 bits per heavy atom. The Hall–Kier alpha value is -2.28. The number of aliphatic imine (C=N–C) groups is 1. The second-order valence-corrected chi connectivity index (χ2v) is 6.89. The van der Waals surface area contributed by atoms with E-state index in [0.29, 0.717) is 19.0 Å². The van der Waals surface area contributed by atoms with Crippen molar-refractivity contribution in [2.75, 3.05) is 26.2 Å². The van der Waals surface area contributed by atoms with E-state index in [9.17, 15) is 4.79 Å². The van der Waals surface area contributed by atoms with Gasteiger partial charge in [0.25, 0.3) is 0 Å². The number of guanidine groups is 1. The fourth-order valence-electron chi connectivity index (χ4n) is 2.81. The molecule has 0 fully saturated rings. The van der Waals surface area contributed by atoms with E-state index in [1.807, 2.05) is 24.0 Å². The van der Waals surface area contributed by atoms with Crippen molar-refractivity contribution in [2.24, 2.45) is 4.99 Å². The largest absolute Gasteiger partial charge is 0.469 e. The molecule has 6 nitrogen and oxygen atoms in total. The van der Waals surface area contributed by atoms with Crippen LogP contribution < -0.4 is 10.6 Å². The molecular formula is C18H24N4O2S. The summed E-state index contributed by atoms with van der Waals surface area (Å²) in [4.78, 5) is 20.2. The average molecular weight is 360 g/mol. The number of rotatable bonds is 6. The van der Waals surface area contributed by atoms with E-state index in [-0.39, 0.29) is 12.5 Å². The summed E-state index contributed by atoms with van der Waals surface area (Å²) in [6.45, 7) is 5.11. The van der Waals surface area contributed by atoms with E-state index >= 15 is 0 Å². The minimum atomic E-state index is 0.0695. The van der Waals surface area contributed by atoms with Crippen LogP contribution in [0.15, 0.2) is 39.3 Å². The van der Waals surface area contributed by atoms with Crippen molar-refractivity contribution in [3.8, 4) is 0 Å². The molecule has 1 aliphatic heterocycles. The summed E-state index contributed by atoms with van der Waals surface area (Å²) in [6, 6.07) is 5.94. The lowest BCUT2D eigenvalue weighted by molar-refractivity contribution is -0.130. The van der Waals surface area contributed by atoms with Gasteiger partial charge in [-0.2, -0.15) is 0 Å². The summed E-state index contributed by atoms with van der Waals surface area (Å²) < 4.78 is 5.31. The third-order valence-electron chi connectivity index (χ3n) is 4.12. The van der Waals surface area contributed by atoms with Gasteiger partial charge in [-0.1, -0.05) is 0 Å². The lowest BCUT2D eigenvalue weighted by Gasteiger charge is -2.26. The molecule has 2 aromatic rings. The second kappa shape index (κ2) is 8.71. The number of amides is 1. The highest BCUT2D eigenvalue weighted by Crippen LogP contribution is 2.23. The molecule has 1 aliphatic rings. The molecule has 0 unspecified atom stereocenters. The van der Waals surface area contributed by atoms with Crippen molar-refractivity contribution in [1.29, 1.82) is 0 Å². The Labute approximate surface area is 151 Å². The average Bonchev–Trinajstić information content (AvgIpc) is 3.30. The number of hydrogen-bond acceptors (Lipinski definition) is 4. The van der Waals surface area contributed by atoms with Gasteiger partial charge >= 0.3 is 0 Å². The number of nitrogens with one attached hydrogen (secondary N) is 2. The van der Waals surface area contributed by atoms with Gasteiger partial charge in [-0.25, -0.2) is 4.99 Å². The first-order chi connectivity index (χ1) is 12.3. The van der Waals surface area contributed by atoms with Gasteiger partial charge in [-0.3, -0.25) is 4.79 Å². The van der Waals surface area contributed by atoms with Crippen molar-refractivity contribution in [1.82, 2.24) is 15.5 Å². The molecule has 2 N–H and O–H groups in total. The van der Waals surface area contributed by atoms with Crippen LogP contribution in [0, 0.1) is 0 Å². The maximum atomic E-state index is 12.5. The molecule has 0 radical (unpaired) electrons. The van der Waals surface area contributed by atoms with Crippen molar-refractivity contribution in [3.63, 3.8) is 0 Å². The molecular weight excluding hydrogens is 336 g/mol. The van der Waals surface area contributed by atoms with Gasteiger partial charge in [0.05, 0.1) is 6.26 Å². The smallest absolute Gasteiger partial charge is 0.244 e. The third-order valence-corrected chi connectivity index (χ3v) is 5.14. The van der Waals surface area contributed by atoms with Crippen molar-refractivity contribution < 1.29 is 9.21 Å². The second-order valence-electron chi connectivity index (χ2n) is 5.89. The minimum Gasteiger partial charge on any atom is -0.469 e. The first-order valence-electron chi connectivity index (χ1n) is 8.64. The number of thiophene rings is 1. The zero-order valence-electron chi connectivity index (χ0n) is 14.5. The molecule has 0 aliphatic carbocycles. The summed E-state index contributed by atoms with van der Waals surface area (Å²) >= 11 is 1.78. The van der Waals surface area contributed by atoms with E-state index in [4.69, 9.17) is 4.42 Å². The SMILES string of the molecule is CCNC(=NCC(=O)N1CCc2sccc2C1)NCCc1ccco1. The van der Waals surface area contributed by atoms with Crippen molar-refractivity contribution >= 4 is 23.2 Å². The quantitative estimate of drug-likeness (QED) is 0.611. The van der Waals surface area contributed by atoms with Crippen molar-refractivity contribution in [2.45, 2.75) is 26.3 Å². The first kappa shape index (κ1) is 17.5. The van der Waals surface area contributed by atoms with Crippen LogP contribution in [0.4, 0.5) is 0 Å². The summed E-state index contributed by atoms with van der Waals surface area (Å²) in [5, 5.41) is 8.51. The maximum absolute atomic E-state index is 12.5. The molecule has 1 amide bonds. The predicted molar refractivity (Wildman–Crippen MR) is 99.8 cm³/mol. The van der Waals surface area contributed by atoms with E-state index in [2.05, 4.69) is 27.1 Å². The van der Waals surface area contributed by atoms with E-state index in [1.165, 1.54) is 10.4 Å². The number of furan rings is 1. The van der Waals surface area contributed by atoms with Crippen LogP contribution in [0.5, 0.6) is 0 Å². The van der Waals surface area contributed by atoms with Gasteiger partial charge in [0, 0.05) is 37.5 Å². The number of nitrogens with zero attached hydrogens (tertiary/aromatic N) is 2. The highest BCUT2D eigenvalue weighted by molar-refractivity contribution is 7.10. The number of hydrogen-bond donors (Lipinski definition) is 2. The van der Waals surface area contributed by atoms with Gasteiger partial charge in [0.15, 0.2) is 5.96 Å². The Bertz CT molecular complexity index is 708. The van der Waals surface area contributed by atoms with Crippen molar-refractivity contribution in [3.05, 3.63) is 46.0 Å². The lowest BCUT2D eigenvalue weighted by atomic mass is 10.1. The summed E-state index contributed by atoms with van der Waals surface area (Å²) in [5.41, 5.74) is 1.28. The molecule has 0 aromatic carbocycles. The van der Waals surface area contributed by atoms with E-state index in [1.54, 1.807) is 17.6 Å². The molecule has 2 aromatic heterocycles. The molecule has 0 bridgehead atoms. The molecule has 0 atom stereocenters. The Morgan fingerprint density at radius 2 is 2.32 bits per heavy atom. The zero-order valence-corrected chi connectivity index (χ0v) is 15.3. The molecule has 134 valence electrons. The topological polar surface area (TPSA) is 69.9 Å². The monoisotopic (exact) mass is 360 g/mol. The number of carbonyl (C=O) groups is 1. The van der Waals surface area contributed by atoms with Gasteiger partial charge in [-0.15, -0.1) is 11.3 Å². The molecule has 3 heterocycles. The highest BCUT2D eigenvalue weighted by Gasteiger charge is 2.21. The zero-order chi connectivity index (χ0) is 17.5. The van der Waals surface area contributed by atoms with Gasteiger partial charge in [0.2, 0.25) is 5.91 Å². The fraction of sp³-hybridized carbons (Fsp3) is 0.444. The van der Waals surface area contributed by atoms with E-state index in [0.717, 1.165) is 31.7 Å². The number of fused-ring (bicyclic) bond motifs is 1. The molecule has 0 saturated carbocycles. The highest BCUT2D eigenvalue weighted by atomic mass is 32.1. The van der Waals surface area contributed by atoms with Crippen LogP contribution >= 0.6 is 11.3 Å². The number of carbonyl (C=O) groups excluding carboxylic acids is 1. The molecule has 7 heteroatoms. The molecule has 0 saturated heterocycles. The van der Waals surface area contributed by atoms with Gasteiger partial charge < -0.3 is 20.0 Å².